The van der Waals surface area contributed by atoms with Gasteiger partial charge in [0.1, 0.15) is 0 Å². The summed E-state index contributed by atoms with van der Waals surface area (Å²) in [6.07, 6.45) is 8.57. The molecule has 0 saturated heterocycles. The maximum Gasteiger partial charge on any atom is 0.0276 e. The SMILES string of the molecule is C=C(CCC)C1=CC(N)=CCC1. The Morgan fingerprint density at radius 1 is 1.67 bits per heavy atom. The molecule has 1 nitrogen and oxygen atoms in total. The zero-order valence-corrected chi connectivity index (χ0v) is 7.77. The van der Waals surface area contributed by atoms with Gasteiger partial charge in [-0.3, -0.25) is 0 Å². The molecule has 0 heterocycles. The van der Waals surface area contributed by atoms with E-state index >= 15 is 0 Å². The first-order valence-electron chi connectivity index (χ1n) is 4.58. The number of rotatable bonds is 3. The molecule has 0 atom stereocenters. The van der Waals surface area contributed by atoms with Gasteiger partial charge in [-0.05, 0) is 30.9 Å². The first-order chi connectivity index (χ1) is 5.74. The van der Waals surface area contributed by atoms with Crippen molar-refractivity contribution in [3.8, 4) is 0 Å². The van der Waals surface area contributed by atoms with Crippen LogP contribution >= 0.6 is 0 Å². The molecule has 0 aromatic carbocycles. The quantitative estimate of drug-likeness (QED) is 0.680. The lowest BCUT2D eigenvalue weighted by Crippen LogP contribution is -2.01. The number of hydrogen-bond acceptors (Lipinski definition) is 1. The van der Waals surface area contributed by atoms with Crippen LogP contribution in [-0.2, 0) is 0 Å². The van der Waals surface area contributed by atoms with Crippen molar-refractivity contribution in [1.82, 2.24) is 0 Å². The molecule has 1 rings (SSSR count). The van der Waals surface area contributed by atoms with Crippen LogP contribution in [0.2, 0.25) is 0 Å². The van der Waals surface area contributed by atoms with Gasteiger partial charge in [-0.1, -0.05) is 31.6 Å². The topological polar surface area (TPSA) is 26.0 Å². The van der Waals surface area contributed by atoms with Crippen molar-refractivity contribution >= 4 is 0 Å². The van der Waals surface area contributed by atoms with Crippen molar-refractivity contribution < 1.29 is 0 Å². The molecule has 0 unspecified atom stereocenters. The summed E-state index contributed by atoms with van der Waals surface area (Å²) in [6, 6.07) is 0. The number of hydrogen-bond donors (Lipinski definition) is 1. The van der Waals surface area contributed by atoms with Crippen molar-refractivity contribution in [2.24, 2.45) is 5.73 Å². The van der Waals surface area contributed by atoms with Gasteiger partial charge in [0, 0.05) is 5.70 Å². The molecule has 66 valence electrons. The summed E-state index contributed by atoms with van der Waals surface area (Å²) in [5.41, 5.74) is 9.20. The van der Waals surface area contributed by atoms with E-state index in [0.29, 0.717) is 0 Å². The highest BCUT2D eigenvalue weighted by Gasteiger charge is 2.05. The molecule has 1 aliphatic rings. The lowest BCUT2D eigenvalue weighted by molar-refractivity contribution is 0.867. The Labute approximate surface area is 74.7 Å². The molecule has 0 bridgehead atoms. The zero-order valence-electron chi connectivity index (χ0n) is 7.77. The van der Waals surface area contributed by atoms with Gasteiger partial charge in [-0.25, -0.2) is 0 Å². The van der Waals surface area contributed by atoms with Crippen molar-refractivity contribution in [2.45, 2.75) is 32.6 Å². The third kappa shape index (κ3) is 2.26. The Morgan fingerprint density at radius 2 is 2.42 bits per heavy atom. The highest BCUT2D eigenvalue weighted by molar-refractivity contribution is 5.37. The Kier molecular flexibility index (Phi) is 3.15. The predicted molar refractivity (Wildman–Crippen MR) is 53.6 cm³/mol. The average Bonchev–Trinajstić information content (AvgIpc) is 2.05. The lowest BCUT2D eigenvalue weighted by Gasteiger charge is -2.13. The minimum absolute atomic E-state index is 0.897. The van der Waals surface area contributed by atoms with E-state index in [4.69, 9.17) is 5.73 Å². The van der Waals surface area contributed by atoms with Crippen LogP contribution < -0.4 is 5.73 Å². The van der Waals surface area contributed by atoms with Crippen LogP contribution in [0, 0.1) is 0 Å². The van der Waals surface area contributed by atoms with E-state index in [-0.39, 0.29) is 0 Å². The summed E-state index contributed by atoms with van der Waals surface area (Å²) in [7, 11) is 0. The minimum Gasteiger partial charge on any atom is -0.399 e. The van der Waals surface area contributed by atoms with Crippen LogP contribution in [0.25, 0.3) is 0 Å². The van der Waals surface area contributed by atoms with E-state index in [9.17, 15) is 0 Å². The average molecular weight is 163 g/mol. The van der Waals surface area contributed by atoms with Crippen LogP contribution in [0.15, 0.2) is 35.6 Å². The minimum atomic E-state index is 0.897. The highest BCUT2D eigenvalue weighted by atomic mass is 14.6. The van der Waals surface area contributed by atoms with E-state index in [2.05, 4.69) is 25.7 Å². The van der Waals surface area contributed by atoms with Crippen molar-refractivity contribution in [3.05, 3.63) is 35.6 Å². The molecule has 0 fully saturated rings. The third-order valence-electron chi connectivity index (χ3n) is 2.14. The fourth-order valence-corrected chi connectivity index (χ4v) is 1.47. The Hall–Kier alpha value is -0.980. The van der Waals surface area contributed by atoms with Gasteiger partial charge in [0.05, 0.1) is 0 Å². The van der Waals surface area contributed by atoms with E-state index in [1.807, 2.05) is 0 Å². The molecule has 0 radical (unpaired) electrons. The summed E-state index contributed by atoms with van der Waals surface area (Å²) in [5, 5.41) is 0. The monoisotopic (exact) mass is 163 g/mol. The van der Waals surface area contributed by atoms with Gasteiger partial charge in [0.15, 0.2) is 0 Å². The normalized spacial score (nSPS) is 16.8. The molecule has 0 amide bonds. The third-order valence-corrected chi connectivity index (χ3v) is 2.14. The second-order valence-corrected chi connectivity index (χ2v) is 3.27. The van der Waals surface area contributed by atoms with E-state index in [1.165, 1.54) is 17.6 Å². The molecule has 0 aromatic rings. The summed E-state index contributed by atoms with van der Waals surface area (Å²) >= 11 is 0. The molecule has 0 aliphatic heterocycles. The van der Waals surface area contributed by atoms with E-state index < -0.39 is 0 Å². The van der Waals surface area contributed by atoms with Crippen molar-refractivity contribution in [3.63, 3.8) is 0 Å². The summed E-state index contributed by atoms with van der Waals surface area (Å²) < 4.78 is 0. The van der Waals surface area contributed by atoms with Gasteiger partial charge >= 0.3 is 0 Å². The largest absolute Gasteiger partial charge is 0.399 e. The Bertz CT molecular complexity index is 233. The Morgan fingerprint density at radius 3 is 3.00 bits per heavy atom. The van der Waals surface area contributed by atoms with Crippen LogP contribution in [-0.4, -0.2) is 0 Å². The van der Waals surface area contributed by atoms with Gasteiger partial charge < -0.3 is 5.73 Å². The maximum absolute atomic E-state index is 5.70. The molecule has 0 aromatic heterocycles. The fraction of sp³-hybridized carbons (Fsp3) is 0.455. The summed E-state index contributed by atoms with van der Waals surface area (Å²) in [6.45, 7) is 6.23. The van der Waals surface area contributed by atoms with E-state index in [1.54, 1.807) is 0 Å². The molecule has 0 saturated carbocycles. The molecular formula is C11H17N. The summed E-state index contributed by atoms with van der Waals surface area (Å²) in [5.74, 6) is 0. The first kappa shape index (κ1) is 9.11. The predicted octanol–water partition coefficient (Wildman–Crippen LogP) is 2.91. The second-order valence-electron chi connectivity index (χ2n) is 3.27. The number of allylic oxidation sites excluding steroid dienone is 4. The lowest BCUT2D eigenvalue weighted by atomic mass is 9.94. The molecule has 2 N–H and O–H groups in total. The van der Waals surface area contributed by atoms with Crippen LogP contribution in [0.4, 0.5) is 0 Å². The second kappa shape index (κ2) is 4.15. The highest BCUT2D eigenvalue weighted by Crippen LogP contribution is 2.23. The molecule has 0 spiro atoms. The maximum atomic E-state index is 5.70. The van der Waals surface area contributed by atoms with Crippen LogP contribution in [0.1, 0.15) is 32.6 Å². The van der Waals surface area contributed by atoms with Crippen LogP contribution in [0.3, 0.4) is 0 Å². The van der Waals surface area contributed by atoms with Crippen molar-refractivity contribution in [2.75, 3.05) is 0 Å². The van der Waals surface area contributed by atoms with Gasteiger partial charge in [-0.2, -0.15) is 0 Å². The molecule has 12 heavy (non-hydrogen) atoms. The number of nitrogens with two attached hydrogens (primary N) is 1. The fourth-order valence-electron chi connectivity index (χ4n) is 1.47. The van der Waals surface area contributed by atoms with Crippen molar-refractivity contribution in [1.29, 1.82) is 0 Å². The van der Waals surface area contributed by atoms with Gasteiger partial charge in [0.2, 0.25) is 0 Å². The molecular weight excluding hydrogens is 146 g/mol. The molecule has 1 heteroatoms. The van der Waals surface area contributed by atoms with Gasteiger partial charge in [-0.15, -0.1) is 0 Å². The summed E-state index contributed by atoms with van der Waals surface area (Å²) in [4.78, 5) is 0. The standard InChI is InChI=1S/C11H17N/c1-3-5-9(2)10-6-4-7-11(12)8-10/h7-8H,2-6,12H2,1H3. The van der Waals surface area contributed by atoms with Gasteiger partial charge in [0.25, 0.3) is 0 Å². The molecule has 1 aliphatic carbocycles. The zero-order chi connectivity index (χ0) is 8.97. The first-order valence-corrected chi connectivity index (χ1v) is 4.58. The smallest absolute Gasteiger partial charge is 0.0276 e. The Balaban J connectivity index is 2.62. The van der Waals surface area contributed by atoms with Crippen LogP contribution in [0.5, 0.6) is 0 Å². The van der Waals surface area contributed by atoms with E-state index in [0.717, 1.165) is 25.0 Å².